The van der Waals surface area contributed by atoms with Crippen LogP contribution in [-0.4, -0.2) is 18.1 Å². The topological polar surface area (TPSA) is 39.2 Å². The van der Waals surface area contributed by atoms with Crippen LogP contribution >= 0.6 is 0 Å². The lowest BCUT2D eigenvalue weighted by atomic mass is 10.0. The summed E-state index contributed by atoms with van der Waals surface area (Å²) in [7, 11) is 1.38. The minimum Gasteiger partial charge on any atom is -0.465 e. The van der Waals surface area contributed by atoms with Crippen LogP contribution < -0.4 is 0 Å². The molecule has 17 heavy (non-hydrogen) atoms. The third-order valence-electron chi connectivity index (χ3n) is 2.46. The maximum Gasteiger partial charge on any atom is 0.337 e. The molecule has 2 aromatic rings. The van der Waals surface area contributed by atoms with Gasteiger partial charge in [0.25, 0.3) is 0 Å². The van der Waals surface area contributed by atoms with E-state index in [2.05, 4.69) is 4.98 Å². The summed E-state index contributed by atoms with van der Waals surface area (Å²) in [5.74, 6) is -0.328. The van der Waals surface area contributed by atoms with Gasteiger partial charge in [-0.05, 0) is 42.8 Å². The maximum absolute atomic E-state index is 11.5. The molecule has 1 aromatic carbocycles. The number of rotatable bonds is 2. The van der Waals surface area contributed by atoms with Crippen LogP contribution in [0.5, 0.6) is 0 Å². The lowest BCUT2D eigenvalue weighted by Crippen LogP contribution is -2.02. The average molecular weight is 227 g/mol. The summed E-state index contributed by atoms with van der Waals surface area (Å²) in [6.45, 7) is 1.94. The SMILES string of the molecule is COC(=O)c1cc(C)cc(-c2ccccn2)c1. The van der Waals surface area contributed by atoms with Crippen molar-refractivity contribution in [3.05, 3.63) is 53.7 Å². The Hall–Kier alpha value is -2.16. The van der Waals surface area contributed by atoms with Gasteiger partial charge in [-0.15, -0.1) is 0 Å². The number of hydrogen-bond acceptors (Lipinski definition) is 3. The van der Waals surface area contributed by atoms with Crippen molar-refractivity contribution in [1.29, 1.82) is 0 Å². The van der Waals surface area contributed by atoms with Gasteiger partial charge in [-0.3, -0.25) is 4.98 Å². The lowest BCUT2D eigenvalue weighted by molar-refractivity contribution is 0.0600. The van der Waals surface area contributed by atoms with Crippen molar-refractivity contribution in [1.82, 2.24) is 4.98 Å². The highest BCUT2D eigenvalue weighted by atomic mass is 16.5. The summed E-state index contributed by atoms with van der Waals surface area (Å²) in [4.78, 5) is 15.8. The fraction of sp³-hybridized carbons (Fsp3) is 0.143. The molecule has 0 N–H and O–H groups in total. The molecule has 1 aromatic heterocycles. The smallest absolute Gasteiger partial charge is 0.337 e. The molecular formula is C14H13NO2. The van der Waals surface area contributed by atoms with Crippen molar-refractivity contribution in [2.45, 2.75) is 6.92 Å². The van der Waals surface area contributed by atoms with Crippen LogP contribution in [0.15, 0.2) is 42.6 Å². The molecule has 0 aliphatic heterocycles. The highest BCUT2D eigenvalue weighted by Crippen LogP contribution is 2.20. The standard InChI is InChI=1S/C14H13NO2/c1-10-7-11(13-5-3-4-6-15-13)9-12(8-10)14(16)17-2/h3-9H,1-2H3. The summed E-state index contributed by atoms with van der Waals surface area (Å²) >= 11 is 0. The average Bonchev–Trinajstić information content (AvgIpc) is 2.38. The summed E-state index contributed by atoms with van der Waals surface area (Å²) in [6.07, 6.45) is 1.73. The lowest BCUT2D eigenvalue weighted by Gasteiger charge is -2.05. The number of ether oxygens (including phenoxy) is 1. The Morgan fingerprint density at radius 2 is 2.06 bits per heavy atom. The summed E-state index contributed by atoms with van der Waals surface area (Å²) in [5.41, 5.74) is 3.33. The number of methoxy groups -OCH3 is 1. The predicted octanol–water partition coefficient (Wildman–Crippen LogP) is 2.84. The van der Waals surface area contributed by atoms with E-state index in [1.54, 1.807) is 18.3 Å². The van der Waals surface area contributed by atoms with Crippen LogP contribution in [0.25, 0.3) is 11.3 Å². The maximum atomic E-state index is 11.5. The van der Waals surface area contributed by atoms with E-state index >= 15 is 0 Å². The second kappa shape index (κ2) is 4.78. The molecule has 86 valence electrons. The van der Waals surface area contributed by atoms with E-state index in [1.165, 1.54) is 7.11 Å². The number of benzene rings is 1. The van der Waals surface area contributed by atoms with E-state index in [0.717, 1.165) is 16.8 Å². The molecule has 0 spiro atoms. The van der Waals surface area contributed by atoms with Crippen LogP contribution in [0, 0.1) is 6.92 Å². The van der Waals surface area contributed by atoms with Gasteiger partial charge in [0, 0.05) is 11.8 Å². The molecule has 0 unspecified atom stereocenters. The van der Waals surface area contributed by atoms with Gasteiger partial charge in [-0.25, -0.2) is 4.79 Å². The van der Waals surface area contributed by atoms with Crippen molar-refractivity contribution in [2.24, 2.45) is 0 Å². The van der Waals surface area contributed by atoms with Gasteiger partial charge in [0.05, 0.1) is 18.4 Å². The minimum atomic E-state index is -0.328. The van der Waals surface area contributed by atoms with Crippen LogP contribution in [0.2, 0.25) is 0 Å². The van der Waals surface area contributed by atoms with Crippen molar-refractivity contribution in [3.63, 3.8) is 0 Å². The first kappa shape index (κ1) is 11.3. The van der Waals surface area contributed by atoms with Gasteiger partial charge >= 0.3 is 5.97 Å². The number of nitrogens with zero attached hydrogens (tertiary/aromatic N) is 1. The fourth-order valence-electron chi connectivity index (χ4n) is 1.70. The first-order valence-electron chi connectivity index (χ1n) is 5.32. The van der Waals surface area contributed by atoms with Crippen molar-refractivity contribution in [2.75, 3.05) is 7.11 Å². The van der Waals surface area contributed by atoms with E-state index in [-0.39, 0.29) is 5.97 Å². The molecule has 1 heterocycles. The highest BCUT2D eigenvalue weighted by molar-refractivity contribution is 5.91. The van der Waals surface area contributed by atoms with Crippen LogP contribution in [0.1, 0.15) is 15.9 Å². The Morgan fingerprint density at radius 1 is 1.24 bits per heavy atom. The predicted molar refractivity (Wildman–Crippen MR) is 65.7 cm³/mol. The van der Waals surface area contributed by atoms with Gasteiger partial charge in [-0.2, -0.15) is 0 Å². The quantitative estimate of drug-likeness (QED) is 0.740. The Balaban J connectivity index is 2.49. The number of esters is 1. The second-order valence-corrected chi connectivity index (χ2v) is 3.79. The molecule has 0 saturated heterocycles. The minimum absolute atomic E-state index is 0.328. The Morgan fingerprint density at radius 3 is 2.71 bits per heavy atom. The zero-order chi connectivity index (χ0) is 12.3. The van der Waals surface area contributed by atoms with Gasteiger partial charge in [0.1, 0.15) is 0 Å². The van der Waals surface area contributed by atoms with Crippen molar-refractivity contribution in [3.8, 4) is 11.3 Å². The number of carbonyl (C=O) groups excluding carboxylic acids is 1. The van der Waals surface area contributed by atoms with Crippen molar-refractivity contribution < 1.29 is 9.53 Å². The number of hydrogen-bond donors (Lipinski definition) is 0. The summed E-state index contributed by atoms with van der Waals surface area (Å²) < 4.78 is 4.72. The number of carbonyl (C=O) groups is 1. The Labute approximate surface area is 100 Å². The van der Waals surface area contributed by atoms with E-state index in [0.29, 0.717) is 5.56 Å². The molecule has 3 nitrogen and oxygen atoms in total. The number of pyridine rings is 1. The summed E-state index contributed by atoms with van der Waals surface area (Å²) in [6, 6.07) is 11.3. The van der Waals surface area contributed by atoms with Gasteiger partial charge in [0.15, 0.2) is 0 Å². The molecule has 0 bridgehead atoms. The molecule has 0 aliphatic carbocycles. The van der Waals surface area contributed by atoms with Crippen LogP contribution in [0.4, 0.5) is 0 Å². The third kappa shape index (κ3) is 2.50. The van der Waals surface area contributed by atoms with Crippen LogP contribution in [-0.2, 0) is 4.74 Å². The van der Waals surface area contributed by atoms with Crippen LogP contribution in [0.3, 0.4) is 0 Å². The van der Waals surface area contributed by atoms with E-state index in [1.807, 2.05) is 31.2 Å². The number of aryl methyl sites for hydroxylation is 1. The van der Waals surface area contributed by atoms with Gasteiger partial charge in [0.2, 0.25) is 0 Å². The van der Waals surface area contributed by atoms with E-state index in [9.17, 15) is 4.79 Å². The molecule has 2 rings (SSSR count). The molecule has 0 atom stereocenters. The Bertz CT molecular complexity index is 535. The molecule has 0 aliphatic rings. The molecule has 0 saturated carbocycles. The zero-order valence-corrected chi connectivity index (χ0v) is 9.81. The molecule has 0 amide bonds. The molecule has 3 heteroatoms. The number of aromatic nitrogens is 1. The van der Waals surface area contributed by atoms with Gasteiger partial charge < -0.3 is 4.74 Å². The van der Waals surface area contributed by atoms with E-state index < -0.39 is 0 Å². The second-order valence-electron chi connectivity index (χ2n) is 3.79. The molecular weight excluding hydrogens is 214 g/mol. The fourth-order valence-corrected chi connectivity index (χ4v) is 1.70. The normalized spacial score (nSPS) is 10.0. The van der Waals surface area contributed by atoms with E-state index in [4.69, 9.17) is 4.74 Å². The van der Waals surface area contributed by atoms with Crippen molar-refractivity contribution >= 4 is 5.97 Å². The molecule has 0 radical (unpaired) electrons. The Kier molecular flexibility index (Phi) is 3.19. The van der Waals surface area contributed by atoms with Gasteiger partial charge in [-0.1, -0.05) is 6.07 Å². The molecule has 0 fully saturated rings. The monoisotopic (exact) mass is 227 g/mol. The third-order valence-corrected chi connectivity index (χ3v) is 2.46. The first-order chi connectivity index (χ1) is 8.20. The first-order valence-corrected chi connectivity index (χ1v) is 5.32. The zero-order valence-electron chi connectivity index (χ0n) is 9.81. The highest BCUT2D eigenvalue weighted by Gasteiger charge is 2.08. The largest absolute Gasteiger partial charge is 0.465 e. The summed E-state index contributed by atoms with van der Waals surface area (Å²) in [5, 5.41) is 0.